The summed E-state index contributed by atoms with van der Waals surface area (Å²) in [5.41, 5.74) is 7.64. The maximum Gasteiger partial charge on any atom is 0.0944 e. The molecule has 1 aromatic heterocycles. The molecule has 0 aliphatic heterocycles. The van der Waals surface area contributed by atoms with Crippen LogP contribution in [0.4, 0.5) is 0 Å². The predicted molar refractivity (Wildman–Crippen MR) is 80.1 cm³/mol. The number of aromatic nitrogens is 1. The van der Waals surface area contributed by atoms with Crippen molar-refractivity contribution >= 4 is 11.3 Å². The molecule has 0 spiro atoms. The molecular formula is C14H27N3S. The highest BCUT2D eigenvalue weighted by Gasteiger charge is 2.35. The van der Waals surface area contributed by atoms with Crippen LogP contribution in [0.2, 0.25) is 0 Å². The van der Waals surface area contributed by atoms with Gasteiger partial charge in [-0.05, 0) is 33.4 Å². The van der Waals surface area contributed by atoms with Gasteiger partial charge in [-0.2, -0.15) is 0 Å². The average Bonchev–Trinajstić information content (AvgIpc) is 2.75. The third kappa shape index (κ3) is 3.31. The second-order valence-corrected chi connectivity index (χ2v) is 6.02. The third-order valence-corrected chi connectivity index (χ3v) is 5.05. The second kappa shape index (κ2) is 6.64. The third-order valence-electron chi connectivity index (χ3n) is 4.06. The summed E-state index contributed by atoms with van der Waals surface area (Å²) in [5.74, 6) is 0. The lowest BCUT2D eigenvalue weighted by atomic mass is 9.86. The summed E-state index contributed by atoms with van der Waals surface area (Å²) in [5, 5.41) is 3.26. The highest BCUT2D eigenvalue weighted by molar-refractivity contribution is 7.09. The first-order chi connectivity index (χ1) is 8.47. The van der Waals surface area contributed by atoms with Gasteiger partial charge >= 0.3 is 0 Å². The molecule has 0 aliphatic rings. The number of thiazole rings is 1. The number of hydrogen-bond acceptors (Lipinski definition) is 4. The highest BCUT2D eigenvalue weighted by atomic mass is 32.1. The first-order valence-corrected chi connectivity index (χ1v) is 7.77. The van der Waals surface area contributed by atoms with Crippen LogP contribution >= 0.6 is 11.3 Å². The van der Waals surface area contributed by atoms with E-state index in [1.165, 1.54) is 0 Å². The molecule has 1 heterocycles. The quantitative estimate of drug-likeness (QED) is 0.827. The Labute approximate surface area is 115 Å². The summed E-state index contributed by atoms with van der Waals surface area (Å²) in [6.07, 6.45) is 1.94. The summed E-state index contributed by atoms with van der Waals surface area (Å²) in [6.45, 7) is 13.1. The molecule has 1 rings (SSSR count). The molecule has 4 heteroatoms. The standard InChI is InChI=1S/C14H27N3S/c1-6-14(5,17(7-2)8-3)12(15)9-13-16-11(4)10-18-13/h10,12H,6-9,15H2,1-5H3. The molecule has 2 atom stereocenters. The van der Waals surface area contributed by atoms with Gasteiger partial charge in [-0.25, -0.2) is 4.98 Å². The lowest BCUT2D eigenvalue weighted by molar-refractivity contribution is 0.0845. The largest absolute Gasteiger partial charge is 0.326 e. The Bertz CT molecular complexity index is 360. The van der Waals surface area contributed by atoms with Crippen LogP contribution in [0.1, 0.15) is 44.8 Å². The Balaban J connectivity index is 2.80. The van der Waals surface area contributed by atoms with Crippen LogP contribution in [0.3, 0.4) is 0 Å². The molecule has 0 saturated heterocycles. The van der Waals surface area contributed by atoms with Crippen molar-refractivity contribution in [2.45, 2.75) is 59.0 Å². The Morgan fingerprint density at radius 1 is 1.39 bits per heavy atom. The van der Waals surface area contributed by atoms with E-state index in [9.17, 15) is 0 Å². The zero-order chi connectivity index (χ0) is 13.8. The molecule has 18 heavy (non-hydrogen) atoms. The van der Waals surface area contributed by atoms with Crippen LogP contribution in [0, 0.1) is 6.92 Å². The molecule has 0 bridgehead atoms. The molecule has 0 amide bonds. The van der Waals surface area contributed by atoms with E-state index in [1.54, 1.807) is 11.3 Å². The molecule has 104 valence electrons. The van der Waals surface area contributed by atoms with Gasteiger partial charge in [0.1, 0.15) is 0 Å². The molecule has 2 unspecified atom stereocenters. The SMILES string of the molecule is CCN(CC)C(C)(CC)C(N)Cc1nc(C)cs1. The number of nitrogens with zero attached hydrogens (tertiary/aromatic N) is 2. The Kier molecular flexibility index (Phi) is 5.76. The lowest BCUT2D eigenvalue weighted by Crippen LogP contribution is -2.58. The fraction of sp³-hybridized carbons (Fsp3) is 0.786. The van der Waals surface area contributed by atoms with Crippen LogP contribution in [-0.4, -0.2) is 34.6 Å². The zero-order valence-corrected chi connectivity index (χ0v) is 13.2. The summed E-state index contributed by atoms with van der Waals surface area (Å²) in [6, 6.07) is 0.132. The molecule has 0 aliphatic carbocycles. The molecule has 2 N–H and O–H groups in total. The zero-order valence-electron chi connectivity index (χ0n) is 12.4. The van der Waals surface area contributed by atoms with Crippen LogP contribution < -0.4 is 5.73 Å². The molecule has 0 fully saturated rings. The van der Waals surface area contributed by atoms with Crippen molar-refractivity contribution in [1.29, 1.82) is 0 Å². The average molecular weight is 269 g/mol. The Morgan fingerprint density at radius 3 is 2.39 bits per heavy atom. The Hall–Kier alpha value is -0.450. The van der Waals surface area contributed by atoms with E-state index in [4.69, 9.17) is 5.73 Å². The van der Waals surface area contributed by atoms with Gasteiger partial charge in [-0.1, -0.05) is 20.8 Å². The van der Waals surface area contributed by atoms with Gasteiger partial charge in [0.05, 0.1) is 5.01 Å². The molecule has 0 saturated carbocycles. The minimum atomic E-state index is 0.0586. The fourth-order valence-electron chi connectivity index (χ4n) is 2.57. The number of hydrogen-bond donors (Lipinski definition) is 1. The number of nitrogens with two attached hydrogens (primary N) is 1. The van der Waals surface area contributed by atoms with Gasteiger partial charge in [0, 0.05) is 29.1 Å². The molecule has 3 nitrogen and oxygen atoms in total. The fourth-order valence-corrected chi connectivity index (χ4v) is 3.40. The van der Waals surface area contributed by atoms with Crippen molar-refractivity contribution in [3.05, 3.63) is 16.1 Å². The number of rotatable bonds is 7. The normalized spacial score (nSPS) is 16.8. The molecule has 0 aromatic carbocycles. The van der Waals surface area contributed by atoms with Crippen molar-refractivity contribution in [2.75, 3.05) is 13.1 Å². The van der Waals surface area contributed by atoms with E-state index in [1.807, 2.05) is 6.92 Å². The summed E-state index contributed by atoms with van der Waals surface area (Å²) in [7, 11) is 0. The van der Waals surface area contributed by atoms with Crippen molar-refractivity contribution < 1.29 is 0 Å². The number of aryl methyl sites for hydroxylation is 1. The van der Waals surface area contributed by atoms with Gasteiger partial charge in [0.15, 0.2) is 0 Å². The minimum absolute atomic E-state index is 0.0586. The van der Waals surface area contributed by atoms with Gasteiger partial charge in [-0.15, -0.1) is 11.3 Å². The first-order valence-electron chi connectivity index (χ1n) is 6.89. The minimum Gasteiger partial charge on any atom is -0.326 e. The maximum absolute atomic E-state index is 6.48. The summed E-state index contributed by atoms with van der Waals surface area (Å²) >= 11 is 1.72. The van der Waals surface area contributed by atoms with Crippen LogP contribution in [0.25, 0.3) is 0 Å². The molecular weight excluding hydrogens is 242 g/mol. The van der Waals surface area contributed by atoms with E-state index < -0.39 is 0 Å². The monoisotopic (exact) mass is 269 g/mol. The van der Waals surface area contributed by atoms with Crippen LogP contribution in [-0.2, 0) is 6.42 Å². The van der Waals surface area contributed by atoms with E-state index in [-0.39, 0.29) is 11.6 Å². The van der Waals surface area contributed by atoms with Crippen molar-refractivity contribution in [3.8, 4) is 0 Å². The van der Waals surface area contributed by atoms with Gasteiger partial charge in [0.25, 0.3) is 0 Å². The van der Waals surface area contributed by atoms with Gasteiger partial charge < -0.3 is 5.73 Å². The van der Waals surface area contributed by atoms with Crippen molar-refractivity contribution in [2.24, 2.45) is 5.73 Å². The first kappa shape index (κ1) is 15.6. The summed E-state index contributed by atoms with van der Waals surface area (Å²) in [4.78, 5) is 7.00. The van der Waals surface area contributed by atoms with Crippen LogP contribution in [0.15, 0.2) is 5.38 Å². The molecule has 0 radical (unpaired) electrons. The maximum atomic E-state index is 6.48. The molecule has 1 aromatic rings. The second-order valence-electron chi connectivity index (χ2n) is 5.08. The summed E-state index contributed by atoms with van der Waals surface area (Å²) < 4.78 is 0. The van der Waals surface area contributed by atoms with Crippen molar-refractivity contribution in [3.63, 3.8) is 0 Å². The smallest absolute Gasteiger partial charge is 0.0944 e. The van der Waals surface area contributed by atoms with Gasteiger partial charge in [0.2, 0.25) is 0 Å². The Morgan fingerprint density at radius 2 is 2.00 bits per heavy atom. The lowest BCUT2D eigenvalue weighted by Gasteiger charge is -2.44. The van der Waals surface area contributed by atoms with Gasteiger partial charge in [-0.3, -0.25) is 4.90 Å². The van der Waals surface area contributed by atoms with E-state index in [0.29, 0.717) is 0 Å². The van der Waals surface area contributed by atoms with E-state index >= 15 is 0 Å². The van der Waals surface area contributed by atoms with Crippen LogP contribution in [0.5, 0.6) is 0 Å². The van der Waals surface area contributed by atoms with Crippen molar-refractivity contribution in [1.82, 2.24) is 9.88 Å². The van der Waals surface area contributed by atoms with E-state index in [2.05, 4.69) is 43.0 Å². The number of likely N-dealkylation sites (N-methyl/N-ethyl adjacent to an activating group) is 1. The predicted octanol–water partition coefficient (Wildman–Crippen LogP) is 2.83. The topological polar surface area (TPSA) is 42.1 Å². The van der Waals surface area contributed by atoms with E-state index in [0.717, 1.165) is 36.6 Å². The highest BCUT2D eigenvalue weighted by Crippen LogP contribution is 2.25.